The summed E-state index contributed by atoms with van der Waals surface area (Å²) in [5.74, 6) is -1.37. The third-order valence-electron chi connectivity index (χ3n) is 6.83. The van der Waals surface area contributed by atoms with Crippen LogP contribution in [-0.4, -0.2) is 52.8 Å². The number of rotatable bonds is 6. The van der Waals surface area contributed by atoms with Crippen LogP contribution in [-0.2, 0) is 0 Å². The summed E-state index contributed by atoms with van der Waals surface area (Å²) in [4.78, 5) is 33.6. The number of aromatic nitrogens is 2. The quantitative estimate of drug-likeness (QED) is 0.362. The van der Waals surface area contributed by atoms with Gasteiger partial charge >= 0.3 is 0 Å². The van der Waals surface area contributed by atoms with Gasteiger partial charge in [-0.1, -0.05) is 35.9 Å². The number of nitrogens with zero attached hydrogens (tertiary/aromatic N) is 3. The fraction of sp³-hybridized carbons (Fsp3) is 0.207. The highest BCUT2D eigenvalue weighted by Crippen LogP contribution is 2.36. The average Bonchev–Trinajstić information content (AvgIpc) is 3.43. The van der Waals surface area contributed by atoms with Crippen LogP contribution in [0.25, 0.3) is 17.1 Å². The first kappa shape index (κ1) is 26.2. The van der Waals surface area contributed by atoms with Crippen molar-refractivity contribution in [2.75, 3.05) is 27.3 Å². The summed E-state index contributed by atoms with van der Waals surface area (Å²) < 4.78 is 25.9. The lowest BCUT2D eigenvalue weighted by Gasteiger charge is -2.21. The molecule has 3 aromatic carbocycles. The molecule has 0 spiro atoms. The van der Waals surface area contributed by atoms with Crippen LogP contribution >= 0.6 is 11.6 Å². The minimum atomic E-state index is -0.823. The van der Waals surface area contributed by atoms with Gasteiger partial charge < -0.3 is 19.5 Å². The van der Waals surface area contributed by atoms with Crippen LogP contribution in [0.4, 0.5) is 4.39 Å². The highest BCUT2D eigenvalue weighted by atomic mass is 35.5. The number of benzene rings is 3. The topological polar surface area (TPSA) is 93.9 Å². The van der Waals surface area contributed by atoms with Crippen LogP contribution in [0.3, 0.4) is 0 Å². The summed E-state index contributed by atoms with van der Waals surface area (Å²) >= 11 is 6.38. The van der Waals surface area contributed by atoms with E-state index in [0.717, 1.165) is 10.1 Å². The number of ether oxygens (including phenoxy) is 2. The van der Waals surface area contributed by atoms with Gasteiger partial charge in [-0.15, -0.1) is 0 Å². The molecule has 5 rings (SSSR count). The van der Waals surface area contributed by atoms with E-state index >= 15 is 0 Å². The predicted octanol–water partition coefficient (Wildman–Crippen LogP) is 5.04. The number of para-hydroxylation sites is 1. The van der Waals surface area contributed by atoms with E-state index in [1.165, 1.54) is 43.4 Å². The van der Waals surface area contributed by atoms with Crippen molar-refractivity contribution in [2.45, 2.75) is 12.3 Å². The SMILES string of the molecule is COc1cccc(OC)c1-n1c(-c2ccc(F)cc2)nc(O)c(C(=O)N2CCC(c3ccccc3Cl)C2)c1=O. The van der Waals surface area contributed by atoms with Crippen LogP contribution in [0.1, 0.15) is 28.3 Å². The molecule has 1 aliphatic heterocycles. The van der Waals surface area contributed by atoms with Crippen molar-refractivity contribution >= 4 is 17.5 Å². The number of carbonyl (C=O) groups excluding carboxylic acids is 1. The van der Waals surface area contributed by atoms with E-state index < -0.39 is 28.7 Å². The van der Waals surface area contributed by atoms with Crippen LogP contribution in [0.5, 0.6) is 17.4 Å². The molecule has 0 radical (unpaired) electrons. The first-order valence-electron chi connectivity index (χ1n) is 12.2. The first-order chi connectivity index (χ1) is 18.8. The van der Waals surface area contributed by atoms with E-state index in [-0.39, 0.29) is 28.9 Å². The van der Waals surface area contributed by atoms with E-state index in [0.29, 0.717) is 30.1 Å². The minimum Gasteiger partial charge on any atom is -0.494 e. The van der Waals surface area contributed by atoms with E-state index in [1.54, 1.807) is 24.3 Å². The molecule has 1 saturated heterocycles. The fourth-order valence-corrected chi connectivity index (χ4v) is 5.20. The van der Waals surface area contributed by atoms with Crippen LogP contribution in [0, 0.1) is 5.82 Å². The Morgan fingerprint density at radius 2 is 1.69 bits per heavy atom. The third kappa shape index (κ3) is 4.81. The molecule has 39 heavy (non-hydrogen) atoms. The Morgan fingerprint density at radius 3 is 2.33 bits per heavy atom. The van der Waals surface area contributed by atoms with Gasteiger partial charge in [-0.2, -0.15) is 4.98 Å². The zero-order chi connectivity index (χ0) is 27.7. The number of amides is 1. The van der Waals surface area contributed by atoms with Gasteiger partial charge in [-0.05, 0) is 54.4 Å². The van der Waals surface area contributed by atoms with Crippen LogP contribution < -0.4 is 15.0 Å². The summed E-state index contributed by atoms with van der Waals surface area (Å²) in [6.07, 6.45) is 0.645. The Morgan fingerprint density at radius 1 is 1.03 bits per heavy atom. The molecule has 0 bridgehead atoms. The lowest BCUT2D eigenvalue weighted by molar-refractivity contribution is 0.0784. The van der Waals surface area contributed by atoms with Gasteiger partial charge in [0.15, 0.2) is 11.4 Å². The highest BCUT2D eigenvalue weighted by molar-refractivity contribution is 6.31. The molecule has 10 heteroatoms. The largest absolute Gasteiger partial charge is 0.494 e. The molecule has 1 unspecified atom stereocenters. The van der Waals surface area contributed by atoms with E-state index in [1.807, 2.05) is 18.2 Å². The van der Waals surface area contributed by atoms with Crippen LogP contribution in [0.2, 0.25) is 5.02 Å². The Hall–Kier alpha value is -4.37. The first-order valence-corrected chi connectivity index (χ1v) is 12.6. The van der Waals surface area contributed by atoms with Crippen molar-refractivity contribution in [1.82, 2.24) is 14.5 Å². The molecule has 2 heterocycles. The van der Waals surface area contributed by atoms with E-state index in [9.17, 15) is 19.1 Å². The monoisotopic (exact) mass is 549 g/mol. The Bertz CT molecular complexity index is 1580. The summed E-state index contributed by atoms with van der Waals surface area (Å²) in [6, 6.07) is 17.6. The van der Waals surface area contributed by atoms with Gasteiger partial charge in [0.1, 0.15) is 23.0 Å². The van der Waals surface area contributed by atoms with Gasteiger partial charge in [0.05, 0.1) is 14.2 Å². The predicted molar refractivity (Wildman–Crippen MR) is 145 cm³/mol. The van der Waals surface area contributed by atoms with Crippen molar-refractivity contribution in [2.24, 2.45) is 0 Å². The molecule has 1 atom stereocenters. The molecule has 1 aliphatic rings. The molecular weight excluding hydrogens is 525 g/mol. The van der Waals surface area contributed by atoms with E-state index in [2.05, 4.69) is 4.98 Å². The number of hydrogen-bond donors (Lipinski definition) is 1. The molecule has 1 N–H and O–H groups in total. The molecule has 8 nitrogen and oxygen atoms in total. The molecule has 1 fully saturated rings. The maximum Gasteiger partial charge on any atom is 0.275 e. The smallest absolute Gasteiger partial charge is 0.275 e. The maximum absolute atomic E-state index is 14.1. The summed E-state index contributed by atoms with van der Waals surface area (Å²) in [5, 5.41) is 11.5. The Labute approximate surface area is 228 Å². The molecule has 1 amide bonds. The normalized spacial score (nSPS) is 14.9. The van der Waals surface area contributed by atoms with Crippen LogP contribution in [0.15, 0.2) is 71.5 Å². The fourth-order valence-electron chi connectivity index (χ4n) is 4.91. The number of aromatic hydroxyl groups is 1. The van der Waals surface area contributed by atoms with Crippen molar-refractivity contribution in [3.63, 3.8) is 0 Å². The van der Waals surface area contributed by atoms with Gasteiger partial charge in [0, 0.05) is 29.6 Å². The van der Waals surface area contributed by atoms with Gasteiger partial charge in [-0.3, -0.25) is 14.2 Å². The second-order valence-electron chi connectivity index (χ2n) is 9.05. The number of methoxy groups -OCH3 is 2. The Balaban J connectivity index is 1.66. The summed E-state index contributed by atoms with van der Waals surface area (Å²) in [6.45, 7) is 0.685. The lowest BCUT2D eigenvalue weighted by Crippen LogP contribution is -2.36. The molecule has 0 aliphatic carbocycles. The molecule has 0 saturated carbocycles. The number of carbonyl (C=O) groups is 1. The highest BCUT2D eigenvalue weighted by Gasteiger charge is 2.34. The summed E-state index contributed by atoms with van der Waals surface area (Å²) in [5.41, 5.74) is 0.114. The zero-order valence-electron chi connectivity index (χ0n) is 21.2. The minimum absolute atomic E-state index is 0.0206. The zero-order valence-corrected chi connectivity index (χ0v) is 22.0. The summed E-state index contributed by atoms with van der Waals surface area (Å²) in [7, 11) is 2.86. The molecule has 4 aromatic rings. The van der Waals surface area contributed by atoms with Gasteiger partial charge in [-0.25, -0.2) is 4.39 Å². The number of likely N-dealkylation sites (tertiary alicyclic amines) is 1. The van der Waals surface area contributed by atoms with Gasteiger partial charge in [0.25, 0.3) is 11.5 Å². The van der Waals surface area contributed by atoms with Crippen molar-refractivity contribution in [3.8, 4) is 34.5 Å². The second-order valence-corrected chi connectivity index (χ2v) is 9.46. The van der Waals surface area contributed by atoms with Crippen molar-refractivity contribution in [1.29, 1.82) is 0 Å². The molecule has 200 valence electrons. The average molecular weight is 550 g/mol. The Kier molecular flexibility index (Phi) is 7.26. The standard InChI is InChI=1S/C29H25ClFN3O5/c1-38-22-8-5-9-23(39-2)25(22)34-26(17-10-12-19(31)13-11-17)32-27(35)24(29(34)37)28(36)33-15-14-18(16-33)20-6-3-4-7-21(20)30/h3-13,18,35H,14-16H2,1-2H3. The second kappa shape index (κ2) is 10.8. The third-order valence-corrected chi connectivity index (χ3v) is 7.17. The molecule has 1 aromatic heterocycles. The number of halogens is 2. The van der Waals surface area contributed by atoms with Gasteiger partial charge in [0.2, 0.25) is 5.88 Å². The lowest BCUT2D eigenvalue weighted by atomic mass is 9.98. The maximum atomic E-state index is 14.1. The molecular formula is C29H25ClFN3O5. The van der Waals surface area contributed by atoms with Crippen molar-refractivity contribution in [3.05, 3.63) is 99.1 Å². The van der Waals surface area contributed by atoms with Crippen molar-refractivity contribution < 1.29 is 23.8 Å². The number of hydrogen-bond acceptors (Lipinski definition) is 6. The van der Waals surface area contributed by atoms with E-state index in [4.69, 9.17) is 21.1 Å².